The van der Waals surface area contributed by atoms with Crippen LogP contribution in [0, 0.1) is 9.39 Å². The van der Waals surface area contributed by atoms with E-state index in [0.29, 0.717) is 5.56 Å². The van der Waals surface area contributed by atoms with Gasteiger partial charge in [-0.15, -0.1) is 0 Å². The Hall–Kier alpha value is -1.44. The number of ether oxygens (including phenoxy) is 1. The first kappa shape index (κ1) is 13.0. The molecule has 0 aliphatic heterocycles. The van der Waals surface area contributed by atoms with E-state index in [-0.39, 0.29) is 17.9 Å². The molecular weight excluding hydrogens is 350 g/mol. The van der Waals surface area contributed by atoms with Gasteiger partial charge >= 0.3 is 0 Å². The fourth-order valence-corrected chi connectivity index (χ4v) is 1.90. The molecule has 94 valence electrons. The van der Waals surface area contributed by atoms with E-state index in [9.17, 15) is 9.18 Å². The number of hydrogen-bond acceptors (Lipinski definition) is 3. The third-order valence-electron chi connectivity index (χ3n) is 2.38. The monoisotopic (exact) mass is 360 g/mol. The molecule has 0 saturated heterocycles. The lowest BCUT2D eigenvalue weighted by atomic mass is 10.2. The van der Waals surface area contributed by atoms with Crippen LogP contribution in [0.2, 0.25) is 0 Å². The molecule has 0 spiro atoms. The quantitative estimate of drug-likeness (QED) is 0.787. The minimum atomic E-state index is -0.450. The molecule has 0 bridgehead atoms. The van der Waals surface area contributed by atoms with E-state index in [1.807, 2.05) is 22.6 Å². The zero-order valence-electron chi connectivity index (χ0n) is 9.56. The molecule has 0 aliphatic carbocycles. The van der Waals surface area contributed by atoms with Crippen LogP contribution in [-0.4, -0.2) is 16.9 Å². The molecule has 0 N–H and O–H groups in total. The van der Waals surface area contributed by atoms with Gasteiger partial charge in [0.1, 0.15) is 0 Å². The van der Waals surface area contributed by atoms with Crippen molar-refractivity contribution in [2.45, 2.75) is 6.54 Å². The zero-order chi connectivity index (χ0) is 13.1. The van der Waals surface area contributed by atoms with Crippen molar-refractivity contribution in [3.8, 4) is 5.75 Å². The fraction of sp³-hybridized carbons (Fsp3) is 0.167. The van der Waals surface area contributed by atoms with Crippen LogP contribution in [0.25, 0.3) is 0 Å². The van der Waals surface area contributed by atoms with E-state index in [1.165, 1.54) is 30.0 Å². The molecule has 0 aliphatic rings. The highest BCUT2D eigenvalue weighted by Crippen LogP contribution is 2.17. The summed E-state index contributed by atoms with van der Waals surface area (Å²) in [5.74, 6) is -0.268. The summed E-state index contributed by atoms with van der Waals surface area (Å²) in [6.45, 7) is 0.233. The summed E-state index contributed by atoms with van der Waals surface area (Å²) in [5, 5.41) is 3.99. The molecule has 0 radical (unpaired) electrons. The van der Waals surface area contributed by atoms with Gasteiger partial charge in [-0.3, -0.25) is 4.79 Å². The number of methoxy groups -OCH3 is 1. The lowest BCUT2D eigenvalue weighted by Crippen LogP contribution is -2.22. The van der Waals surface area contributed by atoms with Crippen molar-refractivity contribution in [2.24, 2.45) is 0 Å². The van der Waals surface area contributed by atoms with Crippen LogP contribution in [0.1, 0.15) is 5.56 Å². The van der Waals surface area contributed by atoms with Gasteiger partial charge in [-0.25, -0.2) is 9.07 Å². The standard InChI is InChI=1S/C12H10FIN2O2/c1-18-11-3-2-8(4-10(11)13)7-16-12(17)5-9(14)6-15-16/h2-6H,7H2,1H3. The Bertz CT molecular complexity index is 628. The van der Waals surface area contributed by atoms with E-state index in [4.69, 9.17) is 4.74 Å². The third-order valence-corrected chi connectivity index (χ3v) is 2.97. The first-order valence-electron chi connectivity index (χ1n) is 5.15. The lowest BCUT2D eigenvalue weighted by Gasteiger charge is -2.06. The fourth-order valence-electron chi connectivity index (χ4n) is 1.51. The Labute approximate surface area is 117 Å². The third kappa shape index (κ3) is 2.87. The van der Waals surface area contributed by atoms with Gasteiger partial charge in [0.15, 0.2) is 11.6 Å². The minimum Gasteiger partial charge on any atom is -0.494 e. The normalized spacial score (nSPS) is 10.4. The summed E-state index contributed by atoms with van der Waals surface area (Å²) < 4.78 is 20.4. The molecule has 0 atom stereocenters. The number of nitrogens with zero attached hydrogens (tertiary/aromatic N) is 2. The molecule has 0 saturated carbocycles. The van der Waals surface area contributed by atoms with Gasteiger partial charge in [0, 0.05) is 9.64 Å². The average Bonchev–Trinajstić information content (AvgIpc) is 2.33. The molecule has 2 rings (SSSR count). The molecule has 0 fully saturated rings. The topological polar surface area (TPSA) is 44.1 Å². The van der Waals surface area contributed by atoms with E-state index in [2.05, 4.69) is 5.10 Å². The van der Waals surface area contributed by atoms with E-state index in [0.717, 1.165) is 3.57 Å². The predicted molar refractivity (Wildman–Crippen MR) is 73.3 cm³/mol. The molecule has 6 heteroatoms. The van der Waals surface area contributed by atoms with E-state index in [1.54, 1.807) is 12.3 Å². The Morgan fingerprint density at radius 3 is 2.83 bits per heavy atom. The molecular formula is C12H10FIN2O2. The van der Waals surface area contributed by atoms with Crippen molar-refractivity contribution in [2.75, 3.05) is 7.11 Å². The van der Waals surface area contributed by atoms with Gasteiger partial charge in [-0.05, 0) is 40.3 Å². The van der Waals surface area contributed by atoms with Crippen molar-refractivity contribution in [1.82, 2.24) is 9.78 Å². The maximum atomic E-state index is 13.5. The predicted octanol–water partition coefficient (Wildman–Crippen LogP) is 2.04. The lowest BCUT2D eigenvalue weighted by molar-refractivity contribution is 0.386. The van der Waals surface area contributed by atoms with Gasteiger partial charge < -0.3 is 4.74 Å². The summed E-state index contributed by atoms with van der Waals surface area (Å²) in [5.41, 5.74) is 0.447. The number of halogens is 2. The van der Waals surface area contributed by atoms with Crippen LogP contribution in [-0.2, 0) is 6.54 Å². The van der Waals surface area contributed by atoms with Crippen molar-refractivity contribution in [1.29, 1.82) is 0 Å². The Morgan fingerprint density at radius 1 is 1.44 bits per heavy atom. The average molecular weight is 360 g/mol. The summed E-state index contributed by atoms with van der Waals surface area (Å²) >= 11 is 2.02. The van der Waals surface area contributed by atoms with Crippen LogP contribution in [0.15, 0.2) is 35.3 Å². The second-order valence-electron chi connectivity index (χ2n) is 3.64. The maximum absolute atomic E-state index is 13.5. The highest BCUT2D eigenvalue weighted by Gasteiger charge is 2.05. The number of benzene rings is 1. The molecule has 18 heavy (non-hydrogen) atoms. The summed E-state index contributed by atoms with van der Waals surface area (Å²) in [4.78, 5) is 11.6. The second kappa shape index (κ2) is 5.47. The zero-order valence-corrected chi connectivity index (χ0v) is 11.7. The number of aromatic nitrogens is 2. The molecule has 4 nitrogen and oxygen atoms in total. The SMILES string of the molecule is COc1ccc(Cn2ncc(I)cc2=O)cc1F. The van der Waals surface area contributed by atoms with Gasteiger partial charge in [0.05, 0.1) is 19.9 Å². The smallest absolute Gasteiger partial charge is 0.268 e. The van der Waals surface area contributed by atoms with Gasteiger partial charge in [0.2, 0.25) is 0 Å². The summed E-state index contributed by atoms with van der Waals surface area (Å²) in [6, 6.07) is 6.05. The molecule has 1 aromatic heterocycles. The van der Waals surface area contributed by atoms with Crippen molar-refractivity contribution < 1.29 is 9.13 Å². The van der Waals surface area contributed by atoms with Gasteiger partial charge in [0.25, 0.3) is 5.56 Å². The van der Waals surface area contributed by atoms with Crippen LogP contribution >= 0.6 is 22.6 Å². The highest BCUT2D eigenvalue weighted by molar-refractivity contribution is 14.1. The maximum Gasteiger partial charge on any atom is 0.268 e. The Morgan fingerprint density at radius 2 is 2.22 bits per heavy atom. The van der Waals surface area contributed by atoms with Gasteiger partial charge in [-0.1, -0.05) is 6.07 Å². The second-order valence-corrected chi connectivity index (χ2v) is 4.88. The van der Waals surface area contributed by atoms with E-state index < -0.39 is 5.82 Å². The highest BCUT2D eigenvalue weighted by atomic mass is 127. The van der Waals surface area contributed by atoms with Crippen LogP contribution in [0.3, 0.4) is 0 Å². The first-order valence-corrected chi connectivity index (χ1v) is 6.23. The molecule has 2 aromatic rings. The van der Waals surface area contributed by atoms with E-state index >= 15 is 0 Å². The largest absolute Gasteiger partial charge is 0.494 e. The molecule has 0 unspecified atom stereocenters. The molecule has 0 amide bonds. The molecule has 1 aromatic carbocycles. The Balaban J connectivity index is 2.29. The van der Waals surface area contributed by atoms with Crippen LogP contribution < -0.4 is 10.3 Å². The first-order chi connectivity index (χ1) is 8.60. The Kier molecular flexibility index (Phi) is 3.95. The van der Waals surface area contributed by atoms with Gasteiger partial charge in [-0.2, -0.15) is 5.10 Å². The minimum absolute atomic E-state index is 0.182. The van der Waals surface area contributed by atoms with Crippen LogP contribution in [0.4, 0.5) is 4.39 Å². The number of hydrogen-bond donors (Lipinski definition) is 0. The van der Waals surface area contributed by atoms with Crippen LogP contribution in [0.5, 0.6) is 5.75 Å². The van der Waals surface area contributed by atoms with Crippen molar-refractivity contribution in [3.05, 3.63) is 55.8 Å². The molecule has 1 heterocycles. The number of rotatable bonds is 3. The summed E-state index contributed by atoms with van der Waals surface area (Å²) in [6.07, 6.45) is 1.59. The van der Waals surface area contributed by atoms with Crippen molar-refractivity contribution in [3.63, 3.8) is 0 Å². The van der Waals surface area contributed by atoms with Crippen molar-refractivity contribution >= 4 is 22.6 Å². The summed E-state index contributed by atoms with van der Waals surface area (Å²) in [7, 11) is 1.41.